The highest BCUT2D eigenvalue weighted by Gasteiger charge is 2.40. The average Bonchev–Trinajstić information content (AvgIpc) is 2.83. The number of rotatable bonds is 4. The number of hydrogen-bond donors (Lipinski definition) is 0. The van der Waals surface area contributed by atoms with Gasteiger partial charge < -0.3 is 14.5 Å². The van der Waals surface area contributed by atoms with Gasteiger partial charge in [0.05, 0.1) is 6.61 Å². The number of likely N-dealkylation sites (tertiary alicyclic amines) is 1. The number of fused-ring (bicyclic) bond motifs is 1. The molecule has 0 unspecified atom stereocenters. The van der Waals surface area contributed by atoms with E-state index >= 15 is 0 Å². The number of amides is 2. The minimum absolute atomic E-state index is 0.0935. The molecular formula is C20H27FN2O3. The molecule has 1 aromatic carbocycles. The first kappa shape index (κ1) is 18.7. The average molecular weight is 362 g/mol. The molecule has 0 bridgehead atoms. The van der Waals surface area contributed by atoms with E-state index in [9.17, 15) is 14.0 Å². The van der Waals surface area contributed by atoms with Crippen molar-refractivity contribution in [2.24, 2.45) is 5.92 Å². The van der Waals surface area contributed by atoms with Gasteiger partial charge in [-0.2, -0.15) is 0 Å². The van der Waals surface area contributed by atoms with E-state index < -0.39 is 0 Å². The zero-order valence-corrected chi connectivity index (χ0v) is 15.5. The lowest BCUT2D eigenvalue weighted by Crippen LogP contribution is -2.54. The highest BCUT2D eigenvalue weighted by Crippen LogP contribution is 2.29. The first-order chi connectivity index (χ1) is 12.5. The van der Waals surface area contributed by atoms with Gasteiger partial charge in [-0.05, 0) is 50.8 Å². The van der Waals surface area contributed by atoms with Gasteiger partial charge in [-0.15, -0.1) is 0 Å². The van der Waals surface area contributed by atoms with Crippen LogP contribution < -0.4 is 0 Å². The minimum Gasteiger partial charge on any atom is -0.449 e. The molecule has 6 heteroatoms. The van der Waals surface area contributed by atoms with E-state index in [0.717, 1.165) is 18.4 Å². The number of hydrogen-bond acceptors (Lipinski definition) is 3. The van der Waals surface area contributed by atoms with E-state index in [2.05, 4.69) is 0 Å². The summed E-state index contributed by atoms with van der Waals surface area (Å²) in [6.07, 6.45) is 2.44. The van der Waals surface area contributed by atoms with Crippen LogP contribution in [0.4, 0.5) is 9.18 Å². The predicted molar refractivity (Wildman–Crippen MR) is 96.1 cm³/mol. The van der Waals surface area contributed by atoms with Crippen molar-refractivity contribution in [1.82, 2.24) is 9.80 Å². The van der Waals surface area contributed by atoms with E-state index in [1.54, 1.807) is 12.1 Å². The van der Waals surface area contributed by atoms with Crippen molar-refractivity contribution in [2.75, 3.05) is 19.7 Å². The van der Waals surface area contributed by atoms with Gasteiger partial charge >= 0.3 is 6.09 Å². The van der Waals surface area contributed by atoms with Gasteiger partial charge in [-0.1, -0.05) is 12.1 Å². The van der Waals surface area contributed by atoms with Crippen LogP contribution in [0.2, 0.25) is 0 Å². The quantitative estimate of drug-likeness (QED) is 0.826. The molecule has 0 spiro atoms. The van der Waals surface area contributed by atoms with Crippen molar-refractivity contribution in [1.29, 1.82) is 0 Å². The summed E-state index contributed by atoms with van der Waals surface area (Å²) >= 11 is 0. The third-order valence-electron chi connectivity index (χ3n) is 5.45. The molecule has 0 N–H and O–H groups in total. The third-order valence-corrected chi connectivity index (χ3v) is 5.45. The second-order valence-corrected chi connectivity index (χ2v) is 7.49. The highest BCUT2D eigenvalue weighted by atomic mass is 19.1. The zero-order valence-electron chi connectivity index (χ0n) is 15.5. The predicted octanol–water partition coefficient (Wildman–Crippen LogP) is 3.23. The van der Waals surface area contributed by atoms with Gasteiger partial charge in [0, 0.05) is 37.5 Å². The number of carbonyl (C=O) groups excluding carboxylic acids is 2. The Morgan fingerprint density at radius 3 is 2.62 bits per heavy atom. The maximum atomic E-state index is 13.0. The standard InChI is InChI=1S/C20H27FN2O3/c1-14(2)23-18-10-12-22(11-9-16(18)13-26-20(23)25)19(24)8-5-15-3-6-17(21)7-4-15/h3-4,6-7,14,16,18H,5,8-13H2,1-2H3/t16-,18+/m1/s1. The molecule has 26 heavy (non-hydrogen) atoms. The molecule has 0 aliphatic carbocycles. The van der Waals surface area contributed by atoms with Gasteiger partial charge in [0.1, 0.15) is 5.82 Å². The van der Waals surface area contributed by atoms with Crippen LogP contribution in [0.15, 0.2) is 24.3 Å². The Balaban J connectivity index is 1.58. The number of carbonyl (C=O) groups is 2. The van der Waals surface area contributed by atoms with E-state index in [1.165, 1.54) is 12.1 Å². The topological polar surface area (TPSA) is 49.9 Å². The molecule has 0 aromatic heterocycles. The number of nitrogens with zero attached hydrogens (tertiary/aromatic N) is 2. The Bertz CT molecular complexity index is 647. The lowest BCUT2D eigenvalue weighted by molar-refractivity contribution is -0.131. The summed E-state index contributed by atoms with van der Waals surface area (Å²) in [4.78, 5) is 28.5. The molecule has 0 radical (unpaired) electrons. The van der Waals surface area contributed by atoms with E-state index in [1.807, 2.05) is 23.6 Å². The fourth-order valence-corrected chi connectivity index (χ4v) is 4.00. The van der Waals surface area contributed by atoms with Crippen molar-refractivity contribution in [3.8, 4) is 0 Å². The van der Waals surface area contributed by atoms with Gasteiger partial charge in [0.15, 0.2) is 0 Å². The third kappa shape index (κ3) is 4.17. The number of halogens is 1. The molecule has 5 nitrogen and oxygen atoms in total. The normalized spacial score (nSPS) is 23.5. The smallest absolute Gasteiger partial charge is 0.410 e. The van der Waals surface area contributed by atoms with Crippen molar-refractivity contribution in [2.45, 2.75) is 51.6 Å². The second kappa shape index (κ2) is 8.06. The first-order valence-corrected chi connectivity index (χ1v) is 9.43. The van der Waals surface area contributed by atoms with Gasteiger partial charge in [0.2, 0.25) is 5.91 Å². The van der Waals surface area contributed by atoms with Crippen LogP contribution in [0.3, 0.4) is 0 Å². The molecule has 2 saturated heterocycles. The molecule has 2 heterocycles. The molecule has 2 aliphatic rings. The Labute approximate surface area is 154 Å². The van der Waals surface area contributed by atoms with Crippen molar-refractivity contribution in [3.63, 3.8) is 0 Å². The Morgan fingerprint density at radius 1 is 1.23 bits per heavy atom. The summed E-state index contributed by atoms with van der Waals surface area (Å²) in [5, 5.41) is 0. The molecule has 142 valence electrons. The highest BCUT2D eigenvalue weighted by molar-refractivity contribution is 5.76. The first-order valence-electron chi connectivity index (χ1n) is 9.43. The molecule has 2 atom stereocenters. The van der Waals surface area contributed by atoms with Gasteiger partial charge in [0.25, 0.3) is 0 Å². The van der Waals surface area contributed by atoms with Crippen molar-refractivity contribution < 1.29 is 18.7 Å². The molecular weight excluding hydrogens is 335 g/mol. The Morgan fingerprint density at radius 2 is 1.92 bits per heavy atom. The summed E-state index contributed by atoms with van der Waals surface area (Å²) in [5.74, 6) is 0.142. The second-order valence-electron chi connectivity index (χ2n) is 7.49. The lowest BCUT2D eigenvalue weighted by atomic mass is 9.92. The monoisotopic (exact) mass is 362 g/mol. The fraction of sp³-hybridized carbons (Fsp3) is 0.600. The van der Waals surface area contributed by atoms with Crippen LogP contribution in [-0.4, -0.2) is 53.6 Å². The summed E-state index contributed by atoms with van der Waals surface area (Å²) in [7, 11) is 0. The van der Waals surface area contributed by atoms with Crippen LogP contribution in [0.5, 0.6) is 0 Å². The maximum Gasteiger partial charge on any atom is 0.410 e. The number of ether oxygens (including phenoxy) is 1. The van der Waals surface area contributed by atoms with Gasteiger partial charge in [-0.3, -0.25) is 4.79 Å². The number of benzene rings is 1. The maximum absolute atomic E-state index is 13.0. The summed E-state index contributed by atoms with van der Waals surface area (Å²) in [5.41, 5.74) is 0.966. The lowest BCUT2D eigenvalue weighted by Gasteiger charge is -2.41. The van der Waals surface area contributed by atoms with Crippen LogP contribution in [0.25, 0.3) is 0 Å². The summed E-state index contributed by atoms with van der Waals surface area (Å²) in [6.45, 7) is 5.82. The zero-order chi connectivity index (χ0) is 18.7. The van der Waals surface area contributed by atoms with E-state index in [-0.39, 0.29) is 35.8 Å². The molecule has 2 fully saturated rings. The van der Waals surface area contributed by atoms with Crippen LogP contribution >= 0.6 is 0 Å². The van der Waals surface area contributed by atoms with Crippen molar-refractivity contribution in [3.05, 3.63) is 35.6 Å². The van der Waals surface area contributed by atoms with Crippen LogP contribution in [0.1, 0.15) is 38.7 Å². The molecule has 1 aromatic rings. The van der Waals surface area contributed by atoms with Crippen molar-refractivity contribution >= 4 is 12.0 Å². The van der Waals surface area contributed by atoms with E-state index in [0.29, 0.717) is 32.5 Å². The largest absolute Gasteiger partial charge is 0.449 e. The number of cyclic esters (lactones) is 1. The molecule has 0 saturated carbocycles. The summed E-state index contributed by atoms with van der Waals surface area (Å²) < 4.78 is 18.3. The van der Waals surface area contributed by atoms with Gasteiger partial charge in [-0.25, -0.2) is 9.18 Å². The Kier molecular flexibility index (Phi) is 5.79. The fourth-order valence-electron chi connectivity index (χ4n) is 4.00. The van der Waals surface area contributed by atoms with Crippen LogP contribution in [0, 0.1) is 11.7 Å². The van der Waals surface area contributed by atoms with E-state index in [4.69, 9.17) is 4.74 Å². The minimum atomic E-state index is -0.262. The molecule has 2 amide bonds. The molecule has 3 rings (SSSR count). The summed E-state index contributed by atoms with van der Waals surface area (Å²) in [6, 6.07) is 6.54. The SMILES string of the molecule is CC(C)N1C(=O)OC[C@H]2CCN(C(=O)CCc3ccc(F)cc3)CC[C@@H]21. The number of aryl methyl sites for hydroxylation is 1. The van der Waals surface area contributed by atoms with Crippen LogP contribution in [-0.2, 0) is 16.0 Å². The Hall–Kier alpha value is -2.11. The molecule has 2 aliphatic heterocycles.